The van der Waals surface area contributed by atoms with Crippen LogP contribution in [0.15, 0.2) is 130 Å². The van der Waals surface area contributed by atoms with E-state index >= 15 is 0 Å². The molecule has 0 radical (unpaired) electrons. The monoisotopic (exact) mass is 500 g/mol. The minimum atomic E-state index is -0.966. The first-order chi connectivity index (χ1) is 18.6. The van der Waals surface area contributed by atoms with Crippen LogP contribution in [-0.2, 0) is 0 Å². The highest BCUT2D eigenvalue weighted by atomic mass is 16.3. The van der Waals surface area contributed by atoms with Gasteiger partial charge < -0.3 is 5.11 Å². The van der Waals surface area contributed by atoms with E-state index in [1.165, 1.54) is 0 Å². The third kappa shape index (κ3) is 4.95. The van der Waals surface area contributed by atoms with Gasteiger partial charge in [-0.2, -0.15) is 5.11 Å². The van der Waals surface area contributed by atoms with Crippen molar-refractivity contribution >= 4 is 22.1 Å². The highest BCUT2D eigenvalue weighted by Gasteiger charge is 2.24. The van der Waals surface area contributed by atoms with Crippen molar-refractivity contribution in [1.29, 1.82) is 0 Å². The molecule has 0 spiro atoms. The summed E-state index contributed by atoms with van der Waals surface area (Å²) < 4.78 is 0. The van der Waals surface area contributed by atoms with Crippen LogP contribution in [-0.4, -0.2) is 5.11 Å². The summed E-state index contributed by atoms with van der Waals surface area (Å²) in [6, 6.07) is 31.2. The molecule has 2 unspecified atom stereocenters. The fourth-order valence-corrected chi connectivity index (χ4v) is 4.50. The largest absolute Gasteiger partial charge is 0.505 e. The lowest BCUT2D eigenvalue weighted by atomic mass is 9.92. The SMILES string of the molecule is Cc1ccc(N=Nc2c(O)c(C(N=O)c3ccccc3)cc3cc(C(N=O)c4ccccc4)ccc23)cc1. The van der Waals surface area contributed by atoms with Crippen molar-refractivity contribution in [2.75, 3.05) is 0 Å². The predicted molar refractivity (Wildman–Crippen MR) is 149 cm³/mol. The summed E-state index contributed by atoms with van der Waals surface area (Å²) >= 11 is 0. The number of hydrogen-bond donors (Lipinski definition) is 1. The number of phenols is 1. The molecule has 2 atom stereocenters. The molecule has 5 aromatic carbocycles. The normalized spacial score (nSPS) is 12.9. The van der Waals surface area contributed by atoms with Crippen LogP contribution in [0.2, 0.25) is 0 Å². The standard InChI is InChI=1S/C31H24N4O3/c1-20-12-15-25(16-13-20)32-33-30-26-17-14-23(28(34-37)21-8-4-2-5-9-21)18-24(26)19-27(31(30)36)29(35-38)22-10-6-3-7-11-22/h2-19,28-29,36H,1H3. The van der Waals surface area contributed by atoms with E-state index < -0.39 is 12.1 Å². The molecule has 7 heteroatoms. The van der Waals surface area contributed by atoms with Crippen molar-refractivity contribution in [3.63, 3.8) is 0 Å². The minimum absolute atomic E-state index is 0.178. The zero-order valence-corrected chi connectivity index (χ0v) is 20.6. The van der Waals surface area contributed by atoms with Gasteiger partial charge in [0.05, 0.1) is 5.69 Å². The topological polar surface area (TPSA) is 104 Å². The van der Waals surface area contributed by atoms with Crippen LogP contribution >= 0.6 is 0 Å². The molecule has 0 aliphatic rings. The summed E-state index contributed by atoms with van der Waals surface area (Å²) in [5.41, 5.74) is 4.28. The van der Waals surface area contributed by atoms with Crippen LogP contribution in [0.4, 0.5) is 11.4 Å². The molecule has 186 valence electrons. The van der Waals surface area contributed by atoms with Crippen LogP contribution < -0.4 is 0 Å². The Morgan fingerprint density at radius 2 is 1.24 bits per heavy atom. The third-order valence-electron chi connectivity index (χ3n) is 6.49. The molecule has 0 saturated heterocycles. The van der Waals surface area contributed by atoms with Gasteiger partial charge in [0.25, 0.3) is 0 Å². The summed E-state index contributed by atoms with van der Waals surface area (Å²) in [4.78, 5) is 23.9. The van der Waals surface area contributed by atoms with Crippen molar-refractivity contribution < 1.29 is 5.11 Å². The Hall–Kier alpha value is -5.04. The number of rotatable bonds is 8. The Bertz CT molecular complexity index is 1620. The van der Waals surface area contributed by atoms with Crippen LogP contribution in [0, 0.1) is 16.7 Å². The van der Waals surface area contributed by atoms with Gasteiger partial charge in [0.15, 0.2) is 0 Å². The molecule has 0 amide bonds. The van der Waals surface area contributed by atoms with Crippen molar-refractivity contribution in [3.8, 4) is 5.75 Å². The number of hydrogen-bond acceptors (Lipinski definition) is 7. The molecular formula is C31H24N4O3. The van der Waals surface area contributed by atoms with Gasteiger partial charge in [0, 0.05) is 10.9 Å². The van der Waals surface area contributed by atoms with Crippen LogP contribution in [0.1, 0.15) is 39.9 Å². The Kier molecular flexibility index (Phi) is 7.08. The average Bonchev–Trinajstić information content (AvgIpc) is 2.96. The van der Waals surface area contributed by atoms with E-state index in [1.807, 2.05) is 85.8 Å². The van der Waals surface area contributed by atoms with E-state index in [9.17, 15) is 14.9 Å². The van der Waals surface area contributed by atoms with Gasteiger partial charge in [-0.25, -0.2) is 0 Å². The van der Waals surface area contributed by atoms with Gasteiger partial charge >= 0.3 is 0 Å². The van der Waals surface area contributed by atoms with E-state index in [0.717, 1.165) is 11.1 Å². The summed E-state index contributed by atoms with van der Waals surface area (Å²) in [5.74, 6) is -0.178. The summed E-state index contributed by atoms with van der Waals surface area (Å²) in [6.07, 6.45) is 0. The fourth-order valence-electron chi connectivity index (χ4n) is 4.50. The zero-order chi connectivity index (χ0) is 26.5. The van der Waals surface area contributed by atoms with E-state index in [0.29, 0.717) is 33.2 Å². The van der Waals surface area contributed by atoms with Crippen molar-refractivity contribution in [2.45, 2.75) is 19.0 Å². The molecule has 0 fully saturated rings. The first kappa shape index (κ1) is 24.6. The van der Waals surface area contributed by atoms with Crippen molar-refractivity contribution in [1.82, 2.24) is 0 Å². The summed E-state index contributed by atoms with van der Waals surface area (Å²) in [6.45, 7) is 1.98. The lowest BCUT2D eigenvalue weighted by Gasteiger charge is -2.17. The van der Waals surface area contributed by atoms with Crippen molar-refractivity contribution in [2.24, 2.45) is 20.6 Å². The molecule has 7 nitrogen and oxygen atoms in total. The summed E-state index contributed by atoms with van der Waals surface area (Å²) in [5, 5.41) is 28.1. The number of phenolic OH excluding ortho intramolecular Hbond substituents is 1. The fraction of sp³-hybridized carbons (Fsp3) is 0.0968. The minimum Gasteiger partial charge on any atom is -0.505 e. The first-order valence-corrected chi connectivity index (χ1v) is 12.1. The highest BCUT2D eigenvalue weighted by Crippen LogP contribution is 2.45. The maximum atomic E-state index is 12.1. The van der Waals surface area contributed by atoms with Gasteiger partial charge in [-0.1, -0.05) is 101 Å². The number of fused-ring (bicyclic) bond motifs is 1. The van der Waals surface area contributed by atoms with Crippen LogP contribution in [0.5, 0.6) is 5.75 Å². The number of aryl methyl sites for hydroxylation is 1. The molecule has 0 aliphatic carbocycles. The molecular weight excluding hydrogens is 476 g/mol. The van der Waals surface area contributed by atoms with Crippen molar-refractivity contribution in [3.05, 3.63) is 147 Å². The Balaban J connectivity index is 1.70. The molecule has 0 bridgehead atoms. The zero-order valence-electron chi connectivity index (χ0n) is 20.6. The molecule has 0 aromatic heterocycles. The Labute approximate surface area is 219 Å². The van der Waals surface area contributed by atoms with E-state index in [1.54, 1.807) is 30.3 Å². The quantitative estimate of drug-likeness (QED) is 0.170. The highest BCUT2D eigenvalue weighted by molar-refractivity contribution is 5.97. The van der Waals surface area contributed by atoms with Crippen LogP contribution in [0.3, 0.4) is 0 Å². The first-order valence-electron chi connectivity index (χ1n) is 12.1. The Morgan fingerprint density at radius 3 is 1.84 bits per heavy atom. The van der Waals surface area contributed by atoms with Gasteiger partial charge in [-0.15, -0.1) is 14.9 Å². The van der Waals surface area contributed by atoms with Crippen LogP contribution in [0.25, 0.3) is 10.8 Å². The molecule has 5 aromatic rings. The number of aromatic hydroxyl groups is 1. The Morgan fingerprint density at radius 1 is 0.632 bits per heavy atom. The molecule has 0 heterocycles. The smallest absolute Gasteiger partial charge is 0.149 e. The third-order valence-corrected chi connectivity index (χ3v) is 6.49. The number of benzene rings is 5. The van der Waals surface area contributed by atoms with Gasteiger partial charge in [-0.3, -0.25) is 0 Å². The number of nitroso groups, excluding NO2 is 2. The molecule has 38 heavy (non-hydrogen) atoms. The van der Waals surface area contributed by atoms with Gasteiger partial charge in [0.1, 0.15) is 23.5 Å². The number of azo groups is 1. The summed E-state index contributed by atoms with van der Waals surface area (Å²) in [7, 11) is 0. The van der Waals surface area contributed by atoms with E-state index in [-0.39, 0.29) is 11.4 Å². The van der Waals surface area contributed by atoms with Gasteiger partial charge in [0.2, 0.25) is 0 Å². The van der Waals surface area contributed by atoms with E-state index in [4.69, 9.17) is 0 Å². The molecule has 0 saturated carbocycles. The second kappa shape index (κ2) is 10.9. The maximum Gasteiger partial charge on any atom is 0.149 e. The van der Waals surface area contributed by atoms with E-state index in [2.05, 4.69) is 20.6 Å². The predicted octanol–water partition coefficient (Wildman–Crippen LogP) is 8.98. The average molecular weight is 501 g/mol. The van der Waals surface area contributed by atoms with Gasteiger partial charge in [-0.05, 0) is 53.3 Å². The second-order valence-corrected chi connectivity index (χ2v) is 9.02. The lowest BCUT2D eigenvalue weighted by Crippen LogP contribution is -2.00. The molecule has 1 N–H and O–H groups in total. The maximum absolute atomic E-state index is 12.1. The second-order valence-electron chi connectivity index (χ2n) is 9.02. The number of nitrogens with zero attached hydrogens (tertiary/aromatic N) is 4. The molecule has 5 rings (SSSR count). The lowest BCUT2D eigenvalue weighted by molar-refractivity contribution is 0.467. The molecule has 0 aliphatic heterocycles.